The standard InChI is InChI=1S/C13H20N4O3S/c1-10(13-14-2-3-15-13)16-11(18)8-21-9-12(19)17-4-6-20-7-5-17/h2-3,10H,4-9H2,1H3,(H,14,15)(H,16,18). The minimum Gasteiger partial charge on any atom is -0.378 e. The summed E-state index contributed by atoms with van der Waals surface area (Å²) in [6.45, 7) is 4.33. The molecule has 1 aliphatic rings. The van der Waals surface area contributed by atoms with E-state index in [2.05, 4.69) is 15.3 Å². The highest BCUT2D eigenvalue weighted by Crippen LogP contribution is 2.08. The van der Waals surface area contributed by atoms with Crippen LogP contribution in [-0.4, -0.2) is 64.5 Å². The third-order valence-electron chi connectivity index (χ3n) is 3.13. The lowest BCUT2D eigenvalue weighted by Gasteiger charge is -2.26. The summed E-state index contributed by atoms with van der Waals surface area (Å²) in [5.41, 5.74) is 0. The molecular formula is C13H20N4O3S. The molecule has 0 aromatic carbocycles. The second-order valence-corrected chi connectivity index (χ2v) is 5.74. The summed E-state index contributed by atoms with van der Waals surface area (Å²) in [5.74, 6) is 1.27. The minimum absolute atomic E-state index is 0.0650. The second kappa shape index (κ2) is 8.04. The predicted octanol–water partition coefficient (Wildman–Crippen LogP) is 0.179. The Morgan fingerprint density at radius 1 is 1.48 bits per heavy atom. The zero-order valence-corrected chi connectivity index (χ0v) is 12.8. The summed E-state index contributed by atoms with van der Waals surface area (Å²) in [5, 5.41) is 2.84. The Morgan fingerprint density at radius 2 is 2.24 bits per heavy atom. The SMILES string of the molecule is CC(NC(=O)CSCC(=O)N1CCOCC1)c1ncc[nH]1. The molecule has 2 amide bonds. The highest BCUT2D eigenvalue weighted by molar-refractivity contribution is 8.00. The zero-order valence-electron chi connectivity index (χ0n) is 12.0. The Balaban J connectivity index is 1.63. The van der Waals surface area contributed by atoms with E-state index >= 15 is 0 Å². The topological polar surface area (TPSA) is 87.3 Å². The van der Waals surface area contributed by atoms with Crippen molar-refractivity contribution >= 4 is 23.6 Å². The van der Waals surface area contributed by atoms with Gasteiger partial charge in [0.15, 0.2) is 0 Å². The fraction of sp³-hybridized carbons (Fsp3) is 0.615. The molecule has 0 saturated carbocycles. The molecule has 2 rings (SSSR count). The van der Waals surface area contributed by atoms with Crippen LogP contribution in [0.2, 0.25) is 0 Å². The van der Waals surface area contributed by atoms with Crippen LogP contribution in [0.15, 0.2) is 12.4 Å². The predicted molar refractivity (Wildman–Crippen MR) is 79.9 cm³/mol. The number of thioether (sulfide) groups is 1. The normalized spacial score (nSPS) is 16.5. The maximum Gasteiger partial charge on any atom is 0.232 e. The van der Waals surface area contributed by atoms with Gasteiger partial charge in [0.05, 0.1) is 30.8 Å². The van der Waals surface area contributed by atoms with E-state index in [-0.39, 0.29) is 23.6 Å². The Kier molecular flexibility index (Phi) is 6.06. The van der Waals surface area contributed by atoms with Gasteiger partial charge in [-0.05, 0) is 6.92 Å². The molecule has 2 heterocycles. The van der Waals surface area contributed by atoms with Gasteiger partial charge in [0.1, 0.15) is 5.82 Å². The van der Waals surface area contributed by atoms with Gasteiger partial charge in [-0.3, -0.25) is 9.59 Å². The highest BCUT2D eigenvalue weighted by Gasteiger charge is 2.17. The Morgan fingerprint density at radius 3 is 2.90 bits per heavy atom. The van der Waals surface area contributed by atoms with E-state index < -0.39 is 0 Å². The molecule has 7 nitrogen and oxygen atoms in total. The molecule has 0 bridgehead atoms. The van der Waals surface area contributed by atoms with E-state index in [4.69, 9.17) is 4.74 Å². The summed E-state index contributed by atoms with van der Waals surface area (Å²) in [6, 6.07) is -0.164. The average Bonchev–Trinajstić information content (AvgIpc) is 3.02. The molecule has 8 heteroatoms. The first-order valence-electron chi connectivity index (χ1n) is 6.88. The maximum atomic E-state index is 11.9. The van der Waals surface area contributed by atoms with Gasteiger partial charge in [-0.25, -0.2) is 4.98 Å². The van der Waals surface area contributed by atoms with E-state index in [9.17, 15) is 9.59 Å². The van der Waals surface area contributed by atoms with Crippen molar-refractivity contribution < 1.29 is 14.3 Å². The molecule has 0 radical (unpaired) electrons. The number of amides is 2. The summed E-state index contributed by atoms with van der Waals surface area (Å²) < 4.78 is 5.20. The molecular weight excluding hydrogens is 292 g/mol. The van der Waals surface area contributed by atoms with Crippen molar-refractivity contribution in [3.05, 3.63) is 18.2 Å². The first-order valence-corrected chi connectivity index (χ1v) is 8.04. The number of hydrogen-bond donors (Lipinski definition) is 2. The van der Waals surface area contributed by atoms with Gasteiger partial charge < -0.3 is 19.9 Å². The van der Waals surface area contributed by atoms with E-state index in [1.165, 1.54) is 11.8 Å². The van der Waals surface area contributed by atoms with Crippen molar-refractivity contribution in [3.8, 4) is 0 Å². The summed E-state index contributed by atoms with van der Waals surface area (Å²) >= 11 is 1.33. The van der Waals surface area contributed by atoms with E-state index in [0.717, 1.165) is 5.82 Å². The van der Waals surface area contributed by atoms with Crippen LogP contribution >= 0.6 is 11.8 Å². The number of nitrogens with one attached hydrogen (secondary N) is 2. The van der Waals surface area contributed by atoms with Crippen molar-refractivity contribution in [1.82, 2.24) is 20.2 Å². The van der Waals surface area contributed by atoms with E-state index in [1.54, 1.807) is 17.3 Å². The van der Waals surface area contributed by atoms with Gasteiger partial charge in [0, 0.05) is 25.5 Å². The van der Waals surface area contributed by atoms with Crippen LogP contribution in [0.3, 0.4) is 0 Å². The maximum absolute atomic E-state index is 11.9. The van der Waals surface area contributed by atoms with Gasteiger partial charge in [0.25, 0.3) is 0 Å². The number of morpholine rings is 1. The van der Waals surface area contributed by atoms with E-state index in [0.29, 0.717) is 32.1 Å². The number of ether oxygens (including phenoxy) is 1. The number of nitrogens with zero attached hydrogens (tertiary/aromatic N) is 2. The van der Waals surface area contributed by atoms with Crippen molar-refractivity contribution in [3.63, 3.8) is 0 Å². The van der Waals surface area contributed by atoms with Crippen LogP contribution in [-0.2, 0) is 14.3 Å². The van der Waals surface area contributed by atoms with Crippen LogP contribution in [0.25, 0.3) is 0 Å². The fourth-order valence-corrected chi connectivity index (χ4v) is 2.73. The minimum atomic E-state index is -0.164. The number of H-pyrrole nitrogens is 1. The van der Waals surface area contributed by atoms with Crippen LogP contribution in [0.4, 0.5) is 0 Å². The second-order valence-electron chi connectivity index (χ2n) is 4.75. The number of carbonyl (C=O) groups is 2. The lowest BCUT2D eigenvalue weighted by Crippen LogP contribution is -2.41. The highest BCUT2D eigenvalue weighted by atomic mass is 32.2. The number of rotatable bonds is 6. The van der Waals surface area contributed by atoms with Crippen molar-refractivity contribution in [2.24, 2.45) is 0 Å². The number of carbonyl (C=O) groups excluding carboxylic acids is 2. The molecule has 0 spiro atoms. The van der Waals surface area contributed by atoms with Crippen LogP contribution in [0.5, 0.6) is 0 Å². The van der Waals surface area contributed by atoms with Gasteiger partial charge in [-0.15, -0.1) is 11.8 Å². The molecule has 1 aromatic rings. The van der Waals surface area contributed by atoms with Gasteiger partial charge in [-0.2, -0.15) is 0 Å². The molecule has 0 aliphatic carbocycles. The van der Waals surface area contributed by atoms with Crippen molar-refractivity contribution in [2.45, 2.75) is 13.0 Å². The van der Waals surface area contributed by atoms with Crippen LogP contribution in [0, 0.1) is 0 Å². The Labute approximate surface area is 127 Å². The molecule has 116 valence electrons. The summed E-state index contributed by atoms with van der Waals surface area (Å²) in [4.78, 5) is 32.5. The zero-order chi connectivity index (χ0) is 15.1. The first kappa shape index (κ1) is 15.8. The molecule has 1 unspecified atom stereocenters. The fourth-order valence-electron chi connectivity index (χ4n) is 2.00. The lowest BCUT2D eigenvalue weighted by molar-refractivity contribution is -0.132. The lowest BCUT2D eigenvalue weighted by atomic mass is 10.3. The third kappa shape index (κ3) is 5.05. The molecule has 1 fully saturated rings. The molecule has 2 N–H and O–H groups in total. The molecule has 21 heavy (non-hydrogen) atoms. The summed E-state index contributed by atoms with van der Waals surface area (Å²) in [7, 11) is 0. The molecule has 1 saturated heterocycles. The molecule has 1 aliphatic heterocycles. The summed E-state index contributed by atoms with van der Waals surface area (Å²) in [6.07, 6.45) is 3.36. The smallest absolute Gasteiger partial charge is 0.232 e. The number of aromatic amines is 1. The van der Waals surface area contributed by atoms with Crippen molar-refractivity contribution in [1.29, 1.82) is 0 Å². The Bertz CT molecular complexity index is 460. The monoisotopic (exact) mass is 312 g/mol. The largest absolute Gasteiger partial charge is 0.378 e. The van der Waals surface area contributed by atoms with Gasteiger partial charge in [0.2, 0.25) is 11.8 Å². The number of imidazole rings is 1. The number of aromatic nitrogens is 2. The third-order valence-corrected chi connectivity index (χ3v) is 4.05. The number of hydrogen-bond acceptors (Lipinski definition) is 5. The van der Waals surface area contributed by atoms with Gasteiger partial charge >= 0.3 is 0 Å². The van der Waals surface area contributed by atoms with E-state index in [1.807, 2.05) is 6.92 Å². The van der Waals surface area contributed by atoms with Crippen molar-refractivity contribution in [2.75, 3.05) is 37.8 Å². The molecule has 1 atom stereocenters. The van der Waals surface area contributed by atoms with Gasteiger partial charge in [-0.1, -0.05) is 0 Å². The average molecular weight is 312 g/mol. The molecule has 1 aromatic heterocycles. The quantitative estimate of drug-likeness (QED) is 0.782. The van der Waals surface area contributed by atoms with Crippen LogP contribution < -0.4 is 5.32 Å². The Hall–Kier alpha value is -1.54. The van der Waals surface area contributed by atoms with Crippen LogP contribution in [0.1, 0.15) is 18.8 Å². The first-order chi connectivity index (χ1) is 10.2.